The zero-order valence-electron chi connectivity index (χ0n) is 11.6. The molecule has 19 heavy (non-hydrogen) atoms. The molecule has 1 aromatic carbocycles. The monoisotopic (exact) mass is 267 g/mol. The zero-order chi connectivity index (χ0) is 14.5. The second-order valence-corrected chi connectivity index (χ2v) is 5.33. The minimum absolute atomic E-state index is 0.00259. The van der Waals surface area contributed by atoms with Crippen molar-refractivity contribution in [2.45, 2.75) is 20.3 Å². The second kappa shape index (κ2) is 6.38. The number of methoxy groups -OCH3 is 1. The standard InChI is InChI=1S/C13H21N3O3/c1-13(2,4-5-19-3)9-15-11-6-10(14)7-12(8-11)16(17)18/h6-8,15H,4-5,9,14H2,1-3H3. The highest BCUT2D eigenvalue weighted by Crippen LogP contribution is 2.25. The summed E-state index contributed by atoms with van der Waals surface area (Å²) in [4.78, 5) is 10.3. The van der Waals surface area contributed by atoms with Gasteiger partial charge < -0.3 is 15.8 Å². The van der Waals surface area contributed by atoms with Crippen molar-refractivity contribution < 1.29 is 9.66 Å². The number of hydrogen-bond acceptors (Lipinski definition) is 5. The smallest absolute Gasteiger partial charge is 0.273 e. The van der Waals surface area contributed by atoms with E-state index in [-0.39, 0.29) is 11.1 Å². The van der Waals surface area contributed by atoms with E-state index in [4.69, 9.17) is 10.5 Å². The van der Waals surface area contributed by atoms with Crippen LogP contribution in [0.4, 0.5) is 17.1 Å². The van der Waals surface area contributed by atoms with Crippen LogP contribution in [0.15, 0.2) is 18.2 Å². The summed E-state index contributed by atoms with van der Waals surface area (Å²) >= 11 is 0. The van der Waals surface area contributed by atoms with Gasteiger partial charge in [0.1, 0.15) is 0 Å². The molecule has 0 aromatic heterocycles. The maximum atomic E-state index is 10.8. The van der Waals surface area contributed by atoms with Crippen molar-refractivity contribution in [3.63, 3.8) is 0 Å². The number of anilines is 2. The Morgan fingerprint density at radius 3 is 2.68 bits per heavy atom. The van der Waals surface area contributed by atoms with Crippen LogP contribution < -0.4 is 11.1 Å². The molecule has 0 atom stereocenters. The Morgan fingerprint density at radius 1 is 1.42 bits per heavy atom. The van der Waals surface area contributed by atoms with Crippen molar-refractivity contribution in [1.29, 1.82) is 0 Å². The molecular weight excluding hydrogens is 246 g/mol. The third-order valence-electron chi connectivity index (χ3n) is 2.90. The Hall–Kier alpha value is -1.82. The Bertz CT molecular complexity index is 447. The molecule has 0 amide bonds. The van der Waals surface area contributed by atoms with Gasteiger partial charge in [-0.05, 0) is 17.9 Å². The molecule has 1 rings (SSSR count). The SMILES string of the molecule is COCCC(C)(C)CNc1cc(N)cc([N+](=O)[O-])c1. The number of nitrogens with two attached hydrogens (primary N) is 1. The number of non-ortho nitro benzene ring substituents is 1. The van der Waals surface area contributed by atoms with Gasteiger partial charge in [-0.15, -0.1) is 0 Å². The largest absolute Gasteiger partial charge is 0.398 e. The molecule has 0 spiro atoms. The molecule has 0 radical (unpaired) electrons. The molecule has 0 saturated heterocycles. The summed E-state index contributed by atoms with van der Waals surface area (Å²) in [5.74, 6) is 0. The van der Waals surface area contributed by atoms with Crippen LogP contribution in [0.3, 0.4) is 0 Å². The molecule has 3 N–H and O–H groups in total. The highest BCUT2D eigenvalue weighted by atomic mass is 16.6. The van der Waals surface area contributed by atoms with Gasteiger partial charge in [0.2, 0.25) is 0 Å². The molecular formula is C13H21N3O3. The van der Waals surface area contributed by atoms with Crippen molar-refractivity contribution in [3.05, 3.63) is 28.3 Å². The first kappa shape index (κ1) is 15.2. The van der Waals surface area contributed by atoms with Gasteiger partial charge in [-0.3, -0.25) is 10.1 Å². The van der Waals surface area contributed by atoms with E-state index in [9.17, 15) is 10.1 Å². The normalized spacial score (nSPS) is 11.3. The summed E-state index contributed by atoms with van der Waals surface area (Å²) in [6.07, 6.45) is 0.904. The molecule has 106 valence electrons. The van der Waals surface area contributed by atoms with E-state index < -0.39 is 4.92 Å². The number of nitro groups is 1. The maximum Gasteiger partial charge on any atom is 0.273 e. The molecule has 0 saturated carbocycles. The Morgan fingerprint density at radius 2 is 2.11 bits per heavy atom. The van der Waals surface area contributed by atoms with Crippen LogP contribution >= 0.6 is 0 Å². The lowest BCUT2D eigenvalue weighted by Crippen LogP contribution is -2.24. The molecule has 1 aromatic rings. The number of hydrogen-bond donors (Lipinski definition) is 2. The highest BCUT2D eigenvalue weighted by molar-refractivity contribution is 5.61. The lowest BCUT2D eigenvalue weighted by molar-refractivity contribution is -0.384. The third kappa shape index (κ3) is 5.13. The average Bonchev–Trinajstić information content (AvgIpc) is 2.33. The number of nitro benzene ring substituents is 1. The fraction of sp³-hybridized carbons (Fsp3) is 0.538. The number of nitrogen functional groups attached to an aromatic ring is 1. The number of ether oxygens (including phenoxy) is 1. The number of nitrogens with zero attached hydrogens (tertiary/aromatic N) is 1. The minimum atomic E-state index is -0.447. The van der Waals surface area contributed by atoms with E-state index in [0.717, 1.165) is 6.42 Å². The third-order valence-corrected chi connectivity index (χ3v) is 2.90. The van der Waals surface area contributed by atoms with Crippen molar-refractivity contribution in [1.82, 2.24) is 0 Å². The topological polar surface area (TPSA) is 90.4 Å². The maximum absolute atomic E-state index is 10.8. The summed E-state index contributed by atoms with van der Waals surface area (Å²) in [5.41, 5.74) is 6.73. The van der Waals surface area contributed by atoms with E-state index in [1.807, 2.05) is 0 Å². The van der Waals surface area contributed by atoms with Crippen molar-refractivity contribution in [2.75, 3.05) is 31.3 Å². The van der Waals surface area contributed by atoms with E-state index in [1.54, 1.807) is 13.2 Å². The van der Waals surface area contributed by atoms with Crippen LogP contribution in [0.2, 0.25) is 0 Å². The van der Waals surface area contributed by atoms with Gasteiger partial charge in [-0.2, -0.15) is 0 Å². The van der Waals surface area contributed by atoms with Gasteiger partial charge in [0.05, 0.1) is 4.92 Å². The van der Waals surface area contributed by atoms with Crippen LogP contribution in [0.25, 0.3) is 0 Å². The van der Waals surface area contributed by atoms with Crippen molar-refractivity contribution >= 4 is 17.1 Å². The van der Waals surface area contributed by atoms with Crippen molar-refractivity contribution in [2.24, 2.45) is 5.41 Å². The lowest BCUT2D eigenvalue weighted by atomic mass is 9.89. The molecule has 0 bridgehead atoms. The van der Waals surface area contributed by atoms with Crippen LogP contribution in [0.1, 0.15) is 20.3 Å². The van der Waals surface area contributed by atoms with Gasteiger partial charge in [0.25, 0.3) is 5.69 Å². The van der Waals surface area contributed by atoms with E-state index in [1.165, 1.54) is 12.1 Å². The van der Waals surface area contributed by atoms with Gasteiger partial charge in [0.15, 0.2) is 0 Å². The fourth-order valence-electron chi connectivity index (χ4n) is 1.65. The Kier molecular flexibility index (Phi) is 5.11. The van der Waals surface area contributed by atoms with Crippen LogP contribution in [0.5, 0.6) is 0 Å². The lowest BCUT2D eigenvalue weighted by Gasteiger charge is -2.25. The van der Waals surface area contributed by atoms with E-state index in [0.29, 0.717) is 24.5 Å². The highest BCUT2D eigenvalue weighted by Gasteiger charge is 2.18. The van der Waals surface area contributed by atoms with Crippen LogP contribution in [-0.2, 0) is 4.74 Å². The summed E-state index contributed by atoms with van der Waals surface area (Å²) in [6.45, 7) is 5.60. The molecule has 6 heteroatoms. The molecule has 0 aliphatic rings. The minimum Gasteiger partial charge on any atom is -0.398 e. The summed E-state index contributed by atoms with van der Waals surface area (Å²) < 4.78 is 5.06. The number of benzene rings is 1. The Balaban J connectivity index is 2.69. The second-order valence-electron chi connectivity index (χ2n) is 5.33. The van der Waals surface area contributed by atoms with Gasteiger partial charge in [-0.25, -0.2) is 0 Å². The summed E-state index contributed by atoms with van der Waals surface area (Å²) in [5, 5.41) is 13.9. The first-order valence-electron chi connectivity index (χ1n) is 6.12. The summed E-state index contributed by atoms with van der Waals surface area (Å²) in [7, 11) is 1.67. The van der Waals surface area contributed by atoms with E-state index >= 15 is 0 Å². The Labute approximate surface area is 113 Å². The van der Waals surface area contributed by atoms with Gasteiger partial charge >= 0.3 is 0 Å². The molecule has 6 nitrogen and oxygen atoms in total. The molecule has 0 aliphatic heterocycles. The number of rotatable bonds is 7. The fourth-order valence-corrected chi connectivity index (χ4v) is 1.65. The first-order chi connectivity index (χ1) is 8.84. The van der Waals surface area contributed by atoms with Crippen molar-refractivity contribution in [3.8, 4) is 0 Å². The predicted octanol–water partition coefficient (Wildman–Crippen LogP) is 2.65. The summed E-state index contributed by atoms with van der Waals surface area (Å²) in [6, 6.07) is 4.53. The van der Waals surface area contributed by atoms with Gasteiger partial charge in [-0.1, -0.05) is 13.8 Å². The molecule has 0 unspecified atom stereocenters. The number of nitrogens with one attached hydrogen (secondary N) is 1. The van der Waals surface area contributed by atoms with Crippen LogP contribution in [-0.4, -0.2) is 25.2 Å². The average molecular weight is 267 g/mol. The first-order valence-corrected chi connectivity index (χ1v) is 6.12. The van der Waals surface area contributed by atoms with Gasteiger partial charge in [0, 0.05) is 43.8 Å². The molecule has 0 aliphatic carbocycles. The molecule has 0 fully saturated rings. The zero-order valence-corrected chi connectivity index (χ0v) is 11.6. The van der Waals surface area contributed by atoms with Crippen LogP contribution in [0, 0.1) is 15.5 Å². The molecule has 0 heterocycles. The predicted molar refractivity (Wildman–Crippen MR) is 76.3 cm³/mol. The quantitative estimate of drug-likeness (QED) is 0.450. The van der Waals surface area contributed by atoms with E-state index in [2.05, 4.69) is 19.2 Å².